The van der Waals surface area contributed by atoms with Gasteiger partial charge in [0.15, 0.2) is 0 Å². The second-order valence-electron chi connectivity index (χ2n) is 16.7. The predicted molar refractivity (Wildman–Crippen MR) is 234 cm³/mol. The van der Waals surface area contributed by atoms with Crippen LogP contribution in [0.5, 0.6) is 0 Å². The molecule has 0 amide bonds. The van der Waals surface area contributed by atoms with Crippen LogP contribution in [0.15, 0.2) is 140 Å². The van der Waals surface area contributed by atoms with Crippen LogP contribution in [0.4, 0.5) is 34.1 Å². The molecule has 7 aromatic carbocycles. The molecule has 0 N–H and O–H groups in total. The molecular weight excluding hydrogens is 651 g/mol. The van der Waals surface area contributed by atoms with Gasteiger partial charge in [-0.3, -0.25) is 0 Å². The molecule has 0 unspecified atom stereocenters. The summed E-state index contributed by atoms with van der Waals surface area (Å²) in [6.07, 6.45) is 0. The van der Waals surface area contributed by atoms with Gasteiger partial charge in [0.2, 0.25) is 0 Å². The maximum absolute atomic E-state index is 2.57. The Bertz CT molecular complexity index is 2570. The molecule has 2 aliphatic heterocycles. The number of rotatable bonds is 4. The fraction of sp³-hybridized carbons (Fsp3) is 0.176. The van der Waals surface area contributed by atoms with E-state index in [2.05, 4.69) is 205 Å². The lowest BCUT2D eigenvalue weighted by Gasteiger charge is -2.45. The van der Waals surface area contributed by atoms with E-state index >= 15 is 0 Å². The monoisotopic (exact) mass is 698 g/mol. The standard InChI is InChI=1S/C51H47BN2/c1-32-9-16-38(17-10-32)42-27-34(3)13-24-45(42)54-47-26-15-36(5)29-44(47)52-43-28-35(4)14-25-46(43)53(41-22-11-33(2)12-23-41)48-30-39(31-49(54)50(48)52)37-18-20-40(21-19-37)51(6,7)8/h9-31H,1-8H3. The van der Waals surface area contributed by atoms with Gasteiger partial charge in [-0.1, -0.05) is 140 Å². The van der Waals surface area contributed by atoms with Gasteiger partial charge in [-0.25, -0.2) is 0 Å². The topological polar surface area (TPSA) is 6.48 Å². The number of fused-ring (bicyclic) bond motifs is 4. The Hall–Kier alpha value is -5.80. The Morgan fingerprint density at radius 2 is 0.852 bits per heavy atom. The Labute approximate surface area is 321 Å². The minimum Gasteiger partial charge on any atom is -0.311 e. The molecule has 2 heterocycles. The summed E-state index contributed by atoms with van der Waals surface area (Å²) in [5, 5.41) is 0. The summed E-state index contributed by atoms with van der Waals surface area (Å²) in [7, 11) is 0. The normalized spacial score (nSPS) is 13.1. The van der Waals surface area contributed by atoms with E-state index in [4.69, 9.17) is 0 Å². The zero-order valence-electron chi connectivity index (χ0n) is 32.8. The van der Waals surface area contributed by atoms with Gasteiger partial charge < -0.3 is 9.80 Å². The molecule has 0 radical (unpaired) electrons. The van der Waals surface area contributed by atoms with Crippen LogP contribution in [0.25, 0.3) is 22.3 Å². The summed E-state index contributed by atoms with van der Waals surface area (Å²) < 4.78 is 0. The van der Waals surface area contributed by atoms with E-state index in [1.165, 1.54) is 106 Å². The highest BCUT2D eigenvalue weighted by molar-refractivity contribution is 7.00. The van der Waals surface area contributed by atoms with Crippen LogP contribution in [0, 0.1) is 34.6 Å². The zero-order chi connectivity index (χ0) is 37.5. The lowest BCUT2D eigenvalue weighted by atomic mass is 9.33. The molecule has 2 nitrogen and oxygen atoms in total. The Morgan fingerprint density at radius 3 is 1.43 bits per heavy atom. The quantitative estimate of drug-likeness (QED) is 0.169. The van der Waals surface area contributed by atoms with E-state index in [0.717, 1.165) is 0 Å². The highest BCUT2D eigenvalue weighted by Gasteiger charge is 2.44. The van der Waals surface area contributed by atoms with Crippen molar-refractivity contribution >= 4 is 57.2 Å². The van der Waals surface area contributed by atoms with Gasteiger partial charge in [-0.05, 0) is 127 Å². The second-order valence-corrected chi connectivity index (χ2v) is 16.7. The first-order valence-electron chi connectivity index (χ1n) is 19.3. The van der Waals surface area contributed by atoms with Gasteiger partial charge in [-0.2, -0.15) is 0 Å². The molecule has 7 aromatic rings. The van der Waals surface area contributed by atoms with E-state index in [1.54, 1.807) is 0 Å². The number of anilines is 6. The van der Waals surface area contributed by atoms with E-state index in [9.17, 15) is 0 Å². The molecule has 264 valence electrons. The van der Waals surface area contributed by atoms with Crippen LogP contribution >= 0.6 is 0 Å². The molecule has 3 heteroatoms. The van der Waals surface area contributed by atoms with Gasteiger partial charge in [-0.15, -0.1) is 0 Å². The van der Waals surface area contributed by atoms with Gasteiger partial charge in [0.05, 0.1) is 5.69 Å². The van der Waals surface area contributed by atoms with Gasteiger partial charge >= 0.3 is 0 Å². The number of hydrogen-bond acceptors (Lipinski definition) is 2. The summed E-state index contributed by atoms with van der Waals surface area (Å²) >= 11 is 0. The first-order chi connectivity index (χ1) is 25.9. The molecule has 0 saturated carbocycles. The van der Waals surface area contributed by atoms with Gasteiger partial charge in [0.25, 0.3) is 6.71 Å². The van der Waals surface area contributed by atoms with Crippen LogP contribution in [0.2, 0.25) is 0 Å². The molecule has 0 saturated heterocycles. The number of hydrogen-bond donors (Lipinski definition) is 0. The molecule has 9 rings (SSSR count). The molecule has 0 aromatic heterocycles. The number of benzene rings is 7. The van der Waals surface area contributed by atoms with E-state index in [1.807, 2.05) is 0 Å². The summed E-state index contributed by atoms with van der Waals surface area (Å²) in [5.41, 5.74) is 23.9. The highest BCUT2D eigenvalue weighted by Crippen LogP contribution is 2.48. The summed E-state index contributed by atoms with van der Waals surface area (Å²) in [4.78, 5) is 5.09. The van der Waals surface area contributed by atoms with Crippen molar-refractivity contribution in [3.63, 3.8) is 0 Å². The molecule has 0 aliphatic carbocycles. The minimum atomic E-state index is 0.0725. The van der Waals surface area contributed by atoms with Crippen LogP contribution < -0.4 is 26.2 Å². The Morgan fingerprint density at radius 1 is 0.389 bits per heavy atom. The fourth-order valence-electron chi connectivity index (χ4n) is 8.61. The third-order valence-corrected chi connectivity index (χ3v) is 11.5. The third kappa shape index (κ3) is 5.66. The van der Waals surface area contributed by atoms with E-state index < -0.39 is 0 Å². The van der Waals surface area contributed by atoms with Crippen LogP contribution in [-0.4, -0.2) is 6.71 Å². The van der Waals surface area contributed by atoms with Crippen LogP contribution in [0.1, 0.15) is 54.2 Å². The highest BCUT2D eigenvalue weighted by atomic mass is 15.2. The van der Waals surface area contributed by atoms with Gasteiger partial charge in [0, 0.05) is 34.0 Å². The summed E-state index contributed by atoms with van der Waals surface area (Å²) in [6.45, 7) is 17.9. The second kappa shape index (κ2) is 12.7. The molecule has 0 spiro atoms. The van der Waals surface area contributed by atoms with Crippen molar-refractivity contribution in [2.75, 3.05) is 9.80 Å². The average Bonchev–Trinajstić information content (AvgIpc) is 3.15. The molecule has 2 aliphatic rings. The molecular formula is C51H47BN2. The maximum Gasteiger partial charge on any atom is 0.252 e. The van der Waals surface area contributed by atoms with Crippen molar-refractivity contribution in [2.24, 2.45) is 0 Å². The molecule has 0 bridgehead atoms. The van der Waals surface area contributed by atoms with Crippen molar-refractivity contribution in [2.45, 2.75) is 60.8 Å². The lowest BCUT2D eigenvalue weighted by Crippen LogP contribution is -2.61. The van der Waals surface area contributed by atoms with E-state index in [-0.39, 0.29) is 12.1 Å². The average molecular weight is 699 g/mol. The van der Waals surface area contributed by atoms with E-state index in [0.29, 0.717) is 0 Å². The number of aryl methyl sites for hydroxylation is 5. The van der Waals surface area contributed by atoms with Gasteiger partial charge in [0.1, 0.15) is 0 Å². The smallest absolute Gasteiger partial charge is 0.252 e. The Balaban J connectivity index is 1.40. The SMILES string of the molecule is Cc1ccc(-c2cc(C)ccc2N2c3ccc(C)cc3B3c4cc(C)ccc4N(c4ccc(C)cc4)c4cc(-c5ccc(C(C)(C)C)cc5)cc2c43)cc1. The first-order valence-corrected chi connectivity index (χ1v) is 19.3. The van der Waals surface area contributed by atoms with Crippen molar-refractivity contribution < 1.29 is 0 Å². The number of nitrogens with zero attached hydrogens (tertiary/aromatic N) is 2. The minimum absolute atomic E-state index is 0.0725. The van der Waals surface area contributed by atoms with Crippen LogP contribution in [-0.2, 0) is 5.41 Å². The molecule has 0 atom stereocenters. The van der Waals surface area contributed by atoms with Crippen molar-refractivity contribution in [3.8, 4) is 22.3 Å². The third-order valence-electron chi connectivity index (χ3n) is 11.5. The van der Waals surface area contributed by atoms with Crippen LogP contribution in [0.3, 0.4) is 0 Å². The van der Waals surface area contributed by atoms with Crippen molar-refractivity contribution in [1.82, 2.24) is 0 Å². The summed E-state index contributed by atoms with van der Waals surface area (Å²) in [5.74, 6) is 0. The lowest BCUT2D eigenvalue weighted by molar-refractivity contribution is 0.590. The first kappa shape index (κ1) is 34.0. The maximum atomic E-state index is 2.57. The molecule has 54 heavy (non-hydrogen) atoms. The zero-order valence-corrected chi connectivity index (χ0v) is 32.8. The predicted octanol–water partition coefficient (Wildman–Crippen LogP) is 11.9. The molecule has 0 fully saturated rings. The Kier molecular flexibility index (Phi) is 7.97. The van der Waals surface area contributed by atoms with Crippen molar-refractivity contribution in [3.05, 3.63) is 173 Å². The fourth-order valence-corrected chi connectivity index (χ4v) is 8.61. The van der Waals surface area contributed by atoms with Crippen molar-refractivity contribution in [1.29, 1.82) is 0 Å². The summed E-state index contributed by atoms with van der Waals surface area (Å²) in [6, 6.07) is 53.3. The largest absolute Gasteiger partial charge is 0.311 e.